The number of hydrogen-bond acceptors (Lipinski definition) is 3. The average Bonchev–Trinajstić information content (AvgIpc) is 2.68. The van der Waals surface area contributed by atoms with Crippen LogP contribution in [0.3, 0.4) is 0 Å². The van der Waals surface area contributed by atoms with Crippen LogP contribution in [0.2, 0.25) is 0 Å². The molecule has 1 atom stereocenters. The van der Waals surface area contributed by atoms with Crippen molar-refractivity contribution in [1.82, 2.24) is 9.80 Å². The van der Waals surface area contributed by atoms with Gasteiger partial charge in [0.05, 0.1) is 13.2 Å². The summed E-state index contributed by atoms with van der Waals surface area (Å²) in [6.07, 6.45) is 0. The second kappa shape index (κ2) is 5.52. The minimum Gasteiger partial charge on any atom is -0.497 e. The van der Waals surface area contributed by atoms with E-state index in [2.05, 4.69) is 12.6 Å². The minimum absolute atomic E-state index is 0.0665. The molecule has 1 aliphatic heterocycles. The first kappa shape index (κ1) is 13.1. The maximum Gasteiger partial charge on any atom is 0.320 e. The van der Waals surface area contributed by atoms with Gasteiger partial charge < -0.3 is 14.5 Å². The van der Waals surface area contributed by atoms with Gasteiger partial charge in [0.25, 0.3) is 0 Å². The van der Waals surface area contributed by atoms with Crippen LogP contribution < -0.4 is 4.74 Å². The number of ether oxygens (including phenoxy) is 1. The number of carbonyl (C=O) groups excluding carboxylic acids is 1. The summed E-state index contributed by atoms with van der Waals surface area (Å²) in [5.41, 5.74) is 1.10. The van der Waals surface area contributed by atoms with Gasteiger partial charge in [-0.1, -0.05) is 12.1 Å². The smallest absolute Gasteiger partial charge is 0.320 e. The Hall–Kier alpha value is -1.36. The van der Waals surface area contributed by atoms with E-state index >= 15 is 0 Å². The molecule has 1 aromatic carbocycles. The second-order valence-corrected chi connectivity index (χ2v) is 4.80. The highest BCUT2D eigenvalue weighted by Gasteiger charge is 2.34. The number of benzene rings is 1. The summed E-state index contributed by atoms with van der Waals surface area (Å²) in [6, 6.07) is 8.03. The number of amides is 2. The Morgan fingerprint density at radius 2 is 2.28 bits per heavy atom. The van der Waals surface area contributed by atoms with Crippen molar-refractivity contribution in [3.05, 3.63) is 29.8 Å². The van der Waals surface area contributed by atoms with Gasteiger partial charge in [-0.05, 0) is 17.7 Å². The predicted octanol–water partition coefficient (Wildman–Crippen LogP) is 2.03. The number of methoxy groups -OCH3 is 1. The molecular weight excluding hydrogens is 248 g/mol. The Labute approximate surface area is 113 Å². The Kier molecular flexibility index (Phi) is 4.01. The first-order valence-corrected chi connectivity index (χ1v) is 6.57. The van der Waals surface area contributed by atoms with E-state index < -0.39 is 0 Å². The lowest BCUT2D eigenvalue weighted by Crippen LogP contribution is -2.30. The van der Waals surface area contributed by atoms with Crippen molar-refractivity contribution < 1.29 is 9.53 Å². The molecule has 4 nitrogen and oxygen atoms in total. The van der Waals surface area contributed by atoms with Crippen molar-refractivity contribution in [2.45, 2.75) is 6.04 Å². The van der Waals surface area contributed by atoms with Gasteiger partial charge in [0.1, 0.15) is 5.75 Å². The summed E-state index contributed by atoms with van der Waals surface area (Å²) in [5.74, 6) is 1.51. The van der Waals surface area contributed by atoms with Crippen LogP contribution in [0.15, 0.2) is 24.3 Å². The molecule has 1 fully saturated rings. The molecule has 18 heavy (non-hydrogen) atoms. The lowest BCUT2D eigenvalue weighted by atomic mass is 10.1. The van der Waals surface area contributed by atoms with Crippen molar-refractivity contribution >= 4 is 18.7 Å². The quantitative estimate of drug-likeness (QED) is 0.846. The standard InChI is InChI=1S/C13H18N2O2S/c1-14-12(9-15(6-7-18)13(14)16)10-4-3-5-11(8-10)17-2/h3-5,8,12,18H,6-7,9H2,1-2H3. The molecule has 1 saturated heterocycles. The maximum absolute atomic E-state index is 12.0. The zero-order valence-corrected chi connectivity index (χ0v) is 11.6. The molecule has 1 aliphatic rings. The van der Waals surface area contributed by atoms with Gasteiger partial charge in [-0.25, -0.2) is 4.79 Å². The van der Waals surface area contributed by atoms with Crippen LogP contribution in [0.5, 0.6) is 5.75 Å². The summed E-state index contributed by atoms with van der Waals surface area (Å²) < 4.78 is 5.22. The molecule has 0 aliphatic carbocycles. The SMILES string of the molecule is COc1cccc(C2CN(CCS)C(=O)N2C)c1. The van der Waals surface area contributed by atoms with Gasteiger partial charge in [-0.2, -0.15) is 12.6 Å². The predicted molar refractivity (Wildman–Crippen MR) is 74.3 cm³/mol. The van der Waals surface area contributed by atoms with E-state index in [1.165, 1.54) is 0 Å². The number of urea groups is 1. The average molecular weight is 266 g/mol. The van der Waals surface area contributed by atoms with Gasteiger partial charge in [-0.15, -0.1) is 0 Å². The number of likely N-dealkylation sites (N-methyl/N-ethyl adjacent to an activating group) is 1. The van der Waals surface area contributed by atoms with Crippen LogP contribution in [-0.4, -0.2) is 48.8 Å². The number of carbonyl (C=O) groups is 1. The number of rotatable bonds is 4. The monoisotopic (exact) mass is 266 g/mol. The van der Waals surface area contributed by atoms with Crippen molar-refractivity contribution in [2.24, 2.45) is 0 Å². The lowest BCUT2D eigenvalue weighted by Gasteiger charge is -2.18. The highest BCUT2D eigenvalue weighted by molar-refractivity contribution is 7.80. The molecule has 1 heterocycles. The number of nitrogens with zero attached hydrogens (tertiary/aromatic N) is 2. The highest BCUT2D eigenvalue weighted by atomic mass is 32.1. The molecule has 98 valence electrons. The lowest BCUT2D eigenvalue weighted by molar-refractivity contribution is 0.197. The number of hydrogen-bond donors (Lipinski definition) is 1. The van der Waals surface area contributed by atoms with Gasteiger partial charge in [0, 0.05) is 25.9 Å². The fraction of sp³-hybridized carbons (Fsp3) is 0.462. The maximum atomic E-state index is 12.0. The highest BCUT2D eigenvalue weighted by Crippen LogP contribution is 2.29. The zero-order valence-electron chi connectivity index (χ0n) is 10.7. The molecule has 0 radical (unpaired) electrons. The van der Waals surface area contributed by atoms with E-state index in [0.29, 0.717) is 18.8 Å². The molecule has 1 aromatic rings. The van der Waals surface area contributed by atoms with Gasteiger partial charge >= 0.3 is 6.03 Å². The third-order valence-corrected chi connectivity index (χ3v) is 3.48. The molecule has 0 bridgehead atoms. The van der Waals surface area contributed by atoms with Crippen LogP contribution in [0.4, 0.5) is 4.79 Å². The molecule has 2 rings (SSSR count). The van der Waals surface area contributed by atoms with E-state index in [-0.39, 0.29) is 12.1 Å². The van der Waals surface area contributed by atoms with Gasteiger partial charge in [-0.3, -0.25) is 0 Å². The van der Waals surface area contributed by atoms with Crippen molar-refractivity contribution in [3.8, 4) is 5.75 Å². The van der Waals surface area contributed by atoms with Crippen molar-refractivity contribution in [1.29, 1.82) is 0 Å². The Balaban J connectivity index is 2.20. The molecule has 2 amide bonds. The molecule has 5 heteroatoms. The Morgan fingerprint density at radius 1 is 1.50 bits per heavy atom. The normalized spacial score (nSPS) is 19.5. The summed E-state index contributed by atoms with van der Waals surface area (Å²) in [7, 11) is 3.49. The molecule has 0 saturated carbocycles. The van der Waals surface area contributed by atoms with Crippen LogP contribution >= 0.6 is 12.6 Å². The zero-order chi connectivity index (χ0) is 13.1. The first-order chi connectivity index (χ1) is 8.67. The van der Waals surface area contributed by atoms with Crippen LogP contribution in [0.1, 0.15) is 11.6 Å². The molecule has 0 aromatic heterocycles. The van der Waals surface area contributed by atoms with E-state index in [0.717, 1.165) is 11.3 Å². The fourth-order valence-electron chi connectivity index (χ4n) is 2.25. The van der Waals surface area contributed by atoms with Crippen molar-refractivity contribution in [3.63, 3.8) is 0 Å². The summed E-state index contributed by atoms with van der Waals surface area (Å²) in [4.78, 5) is 15.6. The third-order valence-electron chi connectivity index (χ3n) is 3.28. The molecule has 0 N–H and O–H groups in total. The summed E-state index contributed by atoms with van der Waals surface area (Å²) in [5, 5.41) is 0. The minimum atomic E-state index is 0.0665. The third kappa shape index (κ3) is 2.41. The Morgan fingerprint density at radius 3 is 2.94 bits per heavy atom. The fourth-order valence-corrected chi connectivity index (χ4v) is 2.49. The van der Waals surface area contributed by atoms with Gasteiger partial charge in [0.2, 0.25) is 0 Å². The number of thiol groups is 1. The van der Waals surface area contributed by atoms with E-state index in [9.17, 15) is 4.79 Å². The van der Waals surface area contributed by atoms with E-state index in [1.807, 2.05) is 36.2 Å². The molecule has 1 unspecified atom stereocenters. The molecular formula is C13H18N2O2S. The van der Waals surface area contributed by atoms with E-state index in [4.69, 9.17) is 4.74 Å². The summed E-state index contributed by atoms with van der Waals surface area (Å²) >= 11 is 4.18. The van der Waals surface area contributed by atoms with Crippen LogP contribution in [0.25, 0.3) is 0 Å². The Bertz CT molecular complexity index is 439. The van der Waals surface area contributed by atoms with E-state index in [1.54, 1.807) is 12.0 Å². The topological polar surface area (TPSA) is 32.8 Å². The summed E-state index contributed by atoms with van der Waals surface area (Å²) in [6.45, 7) is 1.40. The van der Waals surface area contributed by atoms with Gasteiger partial charge in [0.15, 0.2) is 0 Å². The van der Waals surface area contributed by atoms with Crippen molar-refractivity contribution in [2.75, 3.05) is 33.0 Å². The van der Waals surface area contributed by atoms with Crippen LogP contribution in [-0.2, 0) is 0 Å². The second-order valence-electron chi connectivity index (χ2n) is 4.36. The molecule has 0 spiro atoms. The first-order valence-electron chi connectivity index (χ1n) is 5.94. The van der Waals surface area contributed by atoms with Crippen LogP contribution in [0, 0.1) is 0 Å². The largest absolute Gasteiger partial charge is 0.497 e.